The van der Waals surface area contributed by atoms with Crippen molar-refractivity contribution in [2.45, 2.75) is 27.0 Å². The molecule has 23 heavy (non-hydrogen) atoms. The van der Waals surface area contributed by atoms with Crippen molar-refractivity contribution in [2.24, 2.45) is 0 Å². The van der Waals surface area contributed by atoms with E-state index in [1.807, 2.05) is 30.3 Å². The predicted octanol–water partition coefficient (Wildman–Crippen LogP) is 4.42. The van der Waals surface area contributed by atoms with Crippen LogP contribution in [0.1, 0.15) is 18.4 Å². The van der Waals surface area contributed by atoms with E-state index in [-0.39, 0.29) is 0 Å². The van der Waals surface area contributed by atoms with E-state index in [1.54, 1.807) is 0 Å². The molecule has 0 atom stereocenters. The average Bonchev–Trinajstić information content (AvgIpc) is 3.11. The highest BCUT2D eigenvalue weighted by molar-refractivity contribution is 5.82. The Bertz CT molecular complexity index is 948. The number of aryl methyl sites for hydroxylation is 2. The highest BCUT2D eigenvalue weighted by Gasteiger charge is 2.07. The van der Waals surface area contributed by atoms with Crippen molar-refractivity contribution in [3.8, 4) is 5.75 Å². The molecule has 0 saturated heterocycles. The molecule has 0 amide bonds. The number of rotatable bonds is 4. The summed E-state index contributed by atoms with van der Waals surface area (Å²) < 4.78 is 8.21. The van der Waals surface area contributed by atoms with Gasteiger partial charge in [-0.2, -0.15) is 0 Å². The first kappa shape index (κ1) is 13.9. The predicted molar refractivity (Wildman–Crippen MR) is 92.8 cm³/mol. The van der Waals surface area contributed by atoms with Crippen LogP contribution < -0.4 is 4.74 Å². The number of aromatic amines is 1. The molecule has 0 bridgehead atoms. The molecule has 4 aromatic rings. The largest absolute Gasteiger partial charge is 0.486 e. The summed E-state index contributed by atoms with van der Waals surface area (Å²) in [5.74, 6) is 1.71. The van der Waals surface area contributed by atoms with Crippen LogP contribution in [-0.2, 0) is 13.2 Å². The first-order valence-corrected chi connectivity index (χ1v) is 7.91. The molecule has 0 saturated carbocycles. The number of ether oxygens (including phenoxy) is 1. The lowest BCUT2D eigenvalue weighted by molar-refractivity contribution is 0.298. The van der Waals surface area contributed by atoms with Gasteiger partial charge in [0.05, 0.1) is 11.0 Å². The minimum Gasteiger partial charge on any atom is -0.486 e. The molecule has 4 rings (SSSR count). The summed E-state index contributed by atoms with van der Waals surface area (Å²) in [5, 5.41) is 1.21. The Morgan fingerprint density at radius 3 is 2.83 bits per heavy atom. The molecule has 0 spiro atoms. The summed E-state index contributed by atoms with van der Waals surface area (Å²) in [4.78, 5) is 7.82. The van der Waals surface area contributed by atoms with Crippen molar-refractivity contribution < 1.29 is 4.74 Å². The highest BCUT2D eigenvalue weighted by atomic mass is 16.5. The molecule has 0 aliphatic rings. The second-order valence-electron chi connectivity index (χ2n) is 5.74. The van der Waals surface area contributed by atoms with Gasteiger partial charge in [0.2, 0.25) is 0 Å². The van der Waals surface area contributed by atoms with Crippen LogP contribution in [0.4, 0.5) is 0 Å². The normalized spacial score (nSPS) is 11.4. The third kappa shape index (κ3) is 2.46. The summed E-state index contributed by atoms with van der Waals surface area (Å²) in [6.07, 6.45) is 0. The van der Waals surface area contributed by atoms with Crippen LogP contribution in [-0.4, -0.2) is 14.5 Å². The van der Waals surface area contributed by atoms with E-state index in [4.69, 9.17) is 4.74 Å². The topological polar surface area (TPSA) is 42.8 Å². The number of nitrogens with zero attached hydrogens (tertiary/aromatic N) is 2. The number of aromatic nitrogens is 3. The lowest BCUT2D eigenvalue weighted by atomic mass is 10.2. The third-order valence-electron chi connectivity index (χ3n) is 4.21. The van der Waals surface area contributed by atoms with Gasteiger partial charge in [0.15, 0.2) is 0 Å². The van der Waals surface area contributed by atoms with Crippen LogP contribution in [0.25, 0.3) is 21.9 Å². The minimum absolute atomic E-state index is 0.438. The molecule has 1 N–H and O–H groups in total. The second-order valence-corrected chi connectivity index (χ2v) is 5.74. The quantitative estimate of drug-likeness (QED) is 0.606. The number of nitrogens with one attached hydrogen (secondary N) is 1. The standard InChI is InChI=1S/C19H19N3O/c1-3-22-13(2)10-14-11-15(8-9-18(14)22)23-12-19-20-16-6-4-5-7-17(16)21-19/h4-11H,3,12H2,1-2H3,(H,20,21). The maximum Gasteiger partial charge on any atom is 0.146 e. The van der Waals surface area contributed by atoms with Crippen LogP contribution in [0.3, 0.4) is 0 Å². The number of fused-ring (bicyclic) bond motifs is 2. The summed E-state index contributed by atoms with van der Waals surface area (Å²) in [6.45, 7) is 5.72. The summed E-state index contributed by atoms with van der Waals surface area (Å²) >= 11 is 0. The molecule has 2 aromatic carbocycles. The van der Waals surface area contributed by atoms with Crippen molar-refractivity contribution in [3.63, 3.8) is 0 Å². The molecule has 116 valence electrons. The molecule has 4 heteroatoms. The van der Waals surface area contributed by atoms with Gasteiger partial charge in [-0.05, 0) is 50.2 Å². The van der Waals surface area contributed by atoms with Crippen molar-refractivity contribution in [1.82, 2.24) is 14.5 Å². The monoisotopic (exact) mass is 305 g/mol. The molecule has 0 aliphatic heterocycles. The van der Waals surface area contributed by atoms with Gasteiger partial charge in [-0.15, -0.1) is 0 Å². The van der Waals surface area contributed by atoms with E-state index in [2.05, 4.69) is 46.6 Å². The Labute approximate surface area is 134 Å². The molecular weight excluding hydrogens is 286 g/mol. The van der Waals surface area contributed by atoms with Gasteiger partial charge in [-0.25, -0.2) is 4.98 Å². The van der Waals surface area contributed by atoms with Gasteiger partial charge in [-0.3, -0.25) is 0 Å². The zero-order valence-electron chi connectivity index (χ0n) is 13.3. The van der Waals surface area contributed by atoms with Gasteiger partial charge in [-0.1, -0.05) is 12.1 Å². The fourth-order valence-corrected chi connectivity index (χ4v) is 3.12. The third-order valence-corrected chi connectivity index (χ3v) is 4.21. The van der Waals surface area contributed by atoms with Crippen LogP contribution in [0.5, 0.6) is 5.75 Å². The molecule has 0 aliphatic carbocycles. The number of hydrogen-bond donors (Lipinski definition) is 1. The average molecular weight is 305 g/mol. The van der Waals surface area contributed by atoms with Crippen LogP contribution in [0.15, 0.2) is 48.5 Å². The number of imidazole rings is 1. The fourth-order valence-electron chi connectivity index (χ4n) is 3.12. The summed E-state index contributed by atoms with van der Waals surface area (Å²) in [6, 6.07) is 16.5. The zero-order valence-corrected chi connectivity index (χ0v) is 13.3. The maximum absolute atomic E-state index is 5.91. The lowest BCUT2D eigenvalue weighted by Crippen LogP contribution is -1.98. The Kier molecular flexibility index (Phi) is 3.30. The van der Waals surface area contributed by atoms with E-state index in [0.717, 1.165) is 29.2 Å². The number of H-pyrrole nitrogens is 1. The number of para-hydroxylation sites is 2. The van der Waals surface area contributed by atoms with E-state index in [9.17, 15) is 0 Å². The zero-order chi connectivity index (χ0) is 15.8. The second kappa shape index (κ2) is 5.47. The van der Waals surface area contributed by atoms with E-state index < -0.39 is 0 Å². The van der Waals surface area contributed by atoms with Crippen LogP contribution in [0, 0.1) is 6.92 Å². The Morgan fingerprint density at radius 2 is 2.00 bits per heavy atom. The highest BCUT2D eigenvalue weighted by Crippen LogP contribution is 2.25. The van der Waals surface area contributed by atoms with Crippen LogP contribution in [0.2, 0.25) is 0 Å². The number of benzene rings is 2. The van der Waals surface area contributed by atoms with E-state index in [0.29, 0.717) is 6.61 Å². The van der Waals surface area contributed by atoms with Gasteiger partial charge < -0.3 is 14.3 Å². The summed E-state index contributed by atoms with van der Waals surface area (Å²) in [7, 11) is 0. The van der Waals surface area contributed by atoms with Gasteiger partial charge >= 0.3 is 0 Å². The van der Waals surface area contributed by atoms with Gasteiger partial charge in [0.1, 0.15) is 18.2 Å². The number of hydrogen-bond acceptors (Lipinski definition) is 2. The maximum atomic E-state index is 5.91. The first-order chi connectivity index (χ1) is 11.2. The first-order valence-electron chi connectivity index (χ1n) is 7.91. The Morgan fingerprint density at radius 1 is 1.13 bits per heavy atom. The van der Waals surface area contributed by atoms with Crippen molar-refractivity contribution >= 4 is 21.9 Å². The summed E-state index contributed by atoms with van der Waals surface area (Å²) in [5.41, 5.74) is 4.53. The lowest BCUT2D eigenvalue weighted by Gasteiger charge is -2.06. The molecule has 0 radical (unpaired) electrons. The molecular formula is C19H19N3O. The van der Waals surface area contributed by atoms with E-state index in [1.165, 1.54) is 16.6 Å². The fraction of sp³-hybridized carbons (Fsp3) is 0.211. The smallest absolute Gasteiger partial charge is 0.146 e. The molecule has 0 unspecified atom stereocenters. The van der Waals surface area contributed by atoms with Crippen molar-refractivity contribution in [2.75, 3.05) is 0 Å². The van der Waals surface area contributed by atoms with Crippen molar-refractivity contribution in [3.05, 3.63) is 60.0 Å². The Hall–Kier alpha value is -2.75. The van der Waals surface area contributed by atoms with Gasteiger partial charge in [0, 0.05) is 23.1 Å². The molecule has 4 nitrogen and oxygen atoms in total. The molecule has 0 fully saturated rings. The van der Waals surface area contributed by atoms with Crippen molar-refractivity contribution in [1.29, 1.82) is 0 Å². The minimum atomic E-state index is 0.438. The SMILES string of the molecule is CCn1c(C)cc2cc(OCc3nc4ccccc4[nH]3)ccc21. The molecule has 2 aromatic heterocycles. The Balaban J connectivity index is 1.57. The van der Waals surface area contributed by atoms with Gasteiger partial charge in [0.25, 0.3) is 0 Å². The van der Waals surface area contributed by atoms with E-state index >= 15 is 0 Å². The van der Waals surface area contributed by atoms with Crippen LogP contribution >= 0.6 is 0 Å². The molecule has 2 heterocycles.